The SMILES string of the molecule is Cc1ccc(C)c(S(=O)(=O)N(CCc2ccccc2)CC(=O)NCc2ccco2)c1. The summed E-state index contributed by atoms with van der Waals surface area (Å²) in [5.74, 6) is 0.227. The van der Waals surface area contributed by atoms with Gasteiger partial charge in [0.15, 0.2) is 0 Å². The number of rotatable bonds is 9. The smallest absolute Gasteiger partial charge is 0.243 e. The number of furan rings is 1. The van der Waals surface area contributed by atoms with Crippen LogP contribution in [-0.4, -0.2) is 31.7 Å². The van der Waals surface area contributed by atoms with E-state index in [1.54, 1.807) is 31.2 Å². The molecule has 0 fully saturated rings. The Labute approximate surface area is 177 Å². The summed E-state index contributed by atoms with van der Waals surface area (Å²) in [6.07, 6.45) is 2.04. The van der Waals surface area contributed by atoms with Gasteiger partial charge in [0.05, 0.1) is 24.2 Å². The fourth-order valence-corrected chi connectivity index (χ4v) is 4.83. The first kappa shape index (κ1) is 21.8. The van der Waals surface area contributed by atoms with E-state index in [1.165, 1.54) is 10.6 Å². The van der Waals surface area contributed by atoms with E-state index in [1.807, 2.05) is 43.3 Å². The molecule has 7 heteroatoms. The van der Waals surface area contributed by atoms with Gasteiger partial charge in [0.1, 0.15) is 5.76 Å². The van der Waals surface area contributed by atoms with Gasteiger partial charge in [-0.3, -0.25) is 4.79 Å². The number of aryl methyl sites for hydroxylation is 2. The molecule has 6 nitrogen and oxygen atoms in total. The number of carbonyl (C=O) groups excluding carboxylic acids is 1. The summed E-state index contributed by atoms with van der Waals surface area (Å²) in [7, 11) is -3.84. The molecule has 0 bridgehead atoms. The number of hydrogen-bond acceptors (Lipinski definition) is 4. The lowest BCUT2D eigenvalue weighted by atomic mass is 10.1. The van der Waals surface area contributed by atoms with Gasteiger partial charge in [-0.2, -0.15) is 4.31 Å². The van der Waals surface area contributed by atoms with Gasteiger partial charge < -0.3 is 9.73 Å². The Hall–Kier alpha value is -2.90. The second-order valence-corrected chi connectivity index (χ2v) is 9.11. The van der Waals surface area contributed by atoms with Crippen molar-refractivity contribution in [3.05, 3.63) is 89.4 Å². The molecule has 1 N–H and O–H groups in total. The summed E-state index contributed by atoms with van der Waals surface area (Å²) < 4.78 is 33.3. The average molecular weight is 427 g/mol. The van der Waals surface area contributed by atoms with Crippen LogP contribution in [0.25, 0.3) is 0 Å². The third-order valence-electron chi connectivity index (χ3n) is 4.81. The van der Waals surface area contributed by atoms with Gasteiger partial charge in [0.2, 0.25) is 15.9 Å². The molecule has 0 radical (unpaired) electrons. The second-order valence-electron chi connectivity index (χ2n) is 7.20. The normalized spacial score (nSPS) is 11.6. The van der Waals surface area contributed by atoms with E-state index in [0.29, 0.717) is 17.7 Å². The van der Waals surface area contributed by atoms with Crippen LogP contribution in [0, 0.1) is 13.8 Å². The van der Waals surface area contributed by atoms with Crippen molar-refractivity contribution in [2.45, 2.75) is 31.7 Å². The van der Waals surface area contributed by atoms with Gasteiger partial charge in [-0.15, -0.1) is 0 Å². The van der Waals surface area contributed by atoms with Crippen LogP contribution in [0.3, 0.4) is 0 Å². The second kappa shape index (κ2) is 9.73. The van der Waals surface area contributed by atoms with Crippen molar-refractivity contribution < 1.29 is 17.6 Å². The van der Waals surface area contributed by atoms with Crippen molar-refractivity contribution in [1.29, 1.82) is 0 Å². The zero-order valence-electron chi connectivity index (χ0n) is 17.2. The molecular formula is C23H26N2O4S. The molecule has 0 saturated carbocycles. The molecule has 3 rings (SSSR count). The van der Waals surface area contributed by atoms with E-state index in [4.69, 9.17) is 4.42 Å². The van der Waals surface area contributed by atoms with E-state index in [0.717, 1.165) is 11.1 Å². The zero-order valence-corrected chi connectivity index (χ0v) is 18.0. The molecular weight excluding hydrogens is 400 g/mol. The Balaban J connectivity index is 1.80. The molecule has 3 aromatic rings. The molecule has 0 unspecified atom stereocenters. The van der Waals surface area contributed by atoms with Gasteiger partial charge >= 0.3 is 0 Å². The lowest BCUT2D eigenvalue weighted by Gasteiger charge is -2.23. The molecule has 0 spiro atoms. The van der Waals surface area contributed by atoms with Crippen LogP contribution >= 0.6 is 0 Å². The molecule has 0 aliphatic heterocycles. The number of hydrogen-bond donors (Lipinski definition) is 1. The minimum Gasteiger partial charge on any atom is -0.467 e. The maximum Gasteiger partial charge on any atom is 0.243 e. The Morgan fingerprint density at radius 3 is 2.50 bits per heavy atom. The van der Waals surface area contributed by atoms with Crippen molar-refractivity contribution in [3.8, 4) is 0 Å². The van der Waals surface area contributed by atoms with Crippen LogP contribution < -0.4 is 5.32 Å². The van der Waals surface area contributed by atoms with Crippen molar-refractivity contribution >= 4 is 15.9 Å². The Morgan fingerprint density at radius 2 is 1.80 bits per heavy atom. The highest BCUT2D eigenvalue weighted by Crippen LogP contribution is 2.21. The Kier molecular flexibility index (Phi) is 7.07. The largest absolute Gasteiger partial charge is 0.467 e. The first-order chi connectivity index (χ1) is 14.4. The van der Waals surface area contributed by atoms with Crippen molar-refractivity contribution in [1.82, 2.24) is 9.62 Å². The monoisotopic (exact) mass is 426 g/mol. The number of sulfonamides is 1. The minimum atomic E-state index is -3.84. The highest BCUT2D eigenvalue weighted by atomic mass is 32.2. The first-order valence-corrected chi connectivity index (χ1v) is 11.2. The van der Waals surface area contributed by atoms with Crippen molar-refractivity contribution in [2.24, 2.45) is 0 Å². The summed E-state index contributed by atoms with van der Waals surface area (Å²) in [4.78, 5) is 12.8. The van der Waals surface area contributed by atoms with E-state index in [2.05, 4.69) is 5.32 Å². The maximum atomic E-state index is 13.4. The average Bonchev–Trinajstić information content (AvgIpc) is 3.25. The van der Waals surface area contributed by atoms with Gasteiger partial charge in [-0.1, -0.05) is 42.5 Å². The van der Waals surface area contributed by atoms with E-state index >= 15 is 0 Å². The van der Waals surface area contributed by atoms with Gasteiger partial charge in [-0.25, -0.2) is 8.42 Å². The third kappa shape index (κ3) is 5.58. The lowest BCUT2D eigenvalue weighted by Crippen LogP contribution is -2.41. The van der Waals surface area contributed by atoms with E-state index in [9.17, 15) is 13.2 Å². The number of carbonyl (C=O) groups is 1. The fourth-order valence-electron chi connectivity index (χ4n) is 3.12. The predicted molar refractivity (Wildman–Crippen MR) is 115 cm³/mol. The molecule has 0 atom stereocenters. The molecule has 1 heterocycles. The first-order valence-electron chi connectivity index (χ1n) is 9.76. The van der Waals surface area contributed by atoms with Crippen LogP contribution in [0.1, 0.15) is 22.5 Å². The van der Waals surface area contributed by atoms with Crippen LogP contribution in [0.2, 0.25) is 0 Å². The predicted octanol–water partition coefficient (Wildman–Crippen LogP) is 3.45. The summed E-state index contributed by atoms with van der Waals surface area (Å²) in [6, 6.07) is 18.4. The summed E-state index contributed by atoms with van der Waals surface area (Å²) in [5, 5.41) is 2.72. The van der Waals surface area contributed by atoms with Crippen LogP contribution in [0.5, 0.6) is 0 Å². The lowest BCUT2D eigenvalue weighted by molar-refractivity contribution is -0.121. The molecule has 1 aromatic heterocycles. The number of benzene rings is 2. The molecule has 0 saturated heterocycles. The highest BCUT2D eigenvalue weighted by Gasteiger charge is 2.28. The standard InChI is InChI=1S/C23H26N2O4S/c1-18-10-11-19(2)22(15-18)30(27,28)25(13-12-20-7-4-3-5-8-20)17-23(26)24-16-21-9-6-14-29-21/h3-11,14-15H,12-13,16-17H2,1-2H3,(H,24,26). The molecule has 158 valence electrons. The zero-order chi connectivity index (χ0) is 21.6. The maximum absolute atomic E-state index is 13.4. The minimum absolute atomic E-state index is 0.202. The topological polar surface area (TPSA) is 79.6 Å². The molecule has 1 amide bonds. The summed E-state index contributed by atoms with van der Waals surface area (Å²) >= 11 is 0. The summed E-state index contributed by atoms with van der Waals surface area (Å²) in [6.45, 7) is 3.76. The van der Waals surface area contributed by atoms with E-state index < -0.39 is 10.0 Å². The van der Waals surface area contributed by atoms with Crippen molar-refractivity contribution in [2.75, 3.05) is 13.1 Å². The van der Waals surface area contributed by atoms with Crippen molar-refractivity contribution in [3.63, 3.8) is 0 Å². The van der Waals surface area contributed by atoms with Gasteiger partial charge in [0.25, 0.3) is 0 Å². The van der Waals surface area contributed by atoms with Crippen LogP contribution in [0.4, 0.5) is 0 Å². The number of nitrogens with one attached hydrogen (secondary N) is 1. The van der Waals surface area contributed by atoms with Crippen LogP contribution in [-0.2, 0) is 27.8 Å². The molecule has 0 aliphatic rings. The summed E-state index contributed by atoms with van der Waals surface area (Å²) in [5.41, 5.74) is 2.51. The van der Waals surface area contributed by atoms with Gasteiger partial charge in [-0.05, 0) is 55.2 Å². The highest BCUT2D eigenvalue weighted by molar-refractivity contribution is 7.89. The number of nitrogens with zero attached hydrogens (tertiary/aromatic N) is 1. The molecule has 2 aromatic carbocycles. The number of amides is 1. The quantitative estimate of drug-likeness (QED) is 0.568. The molecule has 0 aliphatic carbocycles. The third-order valence-corrected chi connectivity index (χ3v) is 6.80. The fraction of sp³-hybridized carbons (Fsp3) is 0.261. The van der Waals surface area contributed by atoms with E-state index in [-0.39, 0.29) is 30.4 Å². The Bertz CT molecular complexity index is 1080. The van der Waals surface area contributed by atoms with Gasteiger partial charge in [0, 0.05) is 6.54 Å². The molecule has 30 heavy (non-hydrogen) atoms. The Morgan fingerprint density at radius 1 is 1.03 bits per heavy atom. The van der Waals surface area contributed by atoms with Crippen LogP contribution in [0.15, 0.2) is 76.2 Å².